The van der Waals surface area contributed by atoms with Gasteiger partial charge in [0.15, 0.2) is 43.5 Å². The number of carbonyl (C=O) groups excluding carboxylic acids is 2. The number of aliphatic hydroxyl groups excluding tert-OH is 16. The first-order valence-electron chi connectivity index (χ1n) is 30.5. The van der Waals surface area contributed by atoms with E-state index in [9.17, 15) is 91.3 Å². The summed E-state index contributed by atoms with van der Waals surface area (Å²) in [4.78, 5) is 26.9. The first kappa shape index (κ1) is 68.7. The summed E-state index contributed by atoms with van der Waals surface area (Å²) in [6.45, 7) is -2.60. The number of hydrogen-bond acceptors (Lipinski definition) is 29. The molecule has 30 heteroatoms. The van der Waals surface area contributed by atoms with Crippen LogP contribution in [0.5, 0.6) is 0 Å². The highest BCUT2D eigenvalue weighted by molar-refractivity contribution is 5.82. The van der Waals surface area contributed by atoms with E-state index < -0.39 is 228 Å². The Hall–Kier alpha value is -2.62. The average Bonchev–Trinajstić information content (AvgIpc) is 1.01. The van der Waals surface area contributed by atoms with Crippen molar-refractivity contribution >= 4 is 11.9 Å². The van der Waals surface area contributed by atoms with Crippen molar-refractivity contribution in [3.63, 3.8) is 0 Å². The first-order chi connectivity index (χ1) is 41.5. The van der Waals surface area contributed by atoms with E-state index in [-0.39, 0.29) is 43.9 Å². The predicted octanol–water partition coefficient (Wildman–Crippen LogP) is -6.45. The van der Waals surface area contributed by atoms with Crippen molar-refractivity contribution in [2.24, 2.45) is 23.7 Å². The largest absolute Gasteiger partial charge is 0.460 e. The number of carbonyl (C=O) groups is 2. The number of allylic oxidation sites excluding steroid dienone is 2. The summed E-state index contributed by atoms with van der Waals surface area (Å²) in [5.41, 5.74) is 0. The normalized spacial score (nSPS) is 49.3. The lowest BCUT2D eigenvalue weighted by Gasteiger charge is -2.50. The van der Waals surface area contributed by atoms with Crippen LogP contribution in [0.2, 0.25) is 0 Å². The van der Waals surface area contributed by atoms with E-state index in [1.54, 1.807) is 12.2 Å². The minimum absolute atomic E-state index is 0.00273. The molecule has 9 aliphatic rings. The molecule has 9 rings (SSSR count). The summed E-state index contributed by atoms with van der Waals surface area (Å²) in [6.07, 6.45) is -30.5. The number of ether oxygens (including phenoxy) is 12. The monoisotopic (exact) mass is 1260 g/mol. The van der Waals surface area contributed by atoms with Gasteiger partial charge in [-0.2, -0.15) is 0 Å². The maximum absolute atomic E-state index is 13.5. The molecule has 0 spiro atoms. The van der Waals surface area contributed by atoms with Crippen molar-refractivity contribution < 1.29 is 148 Å². The Balaban J connectivity index is 0.936. The Morgan fingerprint density at radius 2 is 1.09 bits per heavy atom. The highest BCUT2D eigenvalue weighted by Gasteiger charge is 2.58. The summed E-state index contributed by atoms with van der Waals surface area (Å²) in [7, 11) is 1.46. The van der Waals surface area contributed by atoms with Crippen molar-refractivity contribution in [1.82, 2.24) is 0 Å². The Bertz CT molecular complexity index is 2220. The van der Waals surface area contributed by atoms with Gasteiger partial charge < -0.3 is 139 Å². The van der Waals surface area contributed by atoms with E-state index >= 15 is 0 Å². The Kier molecular flexibility index (Phi) is 24.4. The molecule has 5 heterocycles. The van der Waals surface area contributed by atoms with Crippen LogP contribution in [0.1, 0.15) is 83.5 Å². The van der Waals surface area contributed by atoms with Gasteiger partial charge in [0.05, 0.1) is 68.5 Å². The standard InChI is InChI=1S/C57H90O30/c1-76-35-14-24(4-10-30(35)62)6-13-41(66)86-52-42(67)32(64)21-78-56(52)87-53-48(73)45(70)39(22-77-40(65)12-5-23-2-8-27(9-3-23)79-54-49(74)46(71)43(68)37(19-58)83-54)85-57(53)82-36-18-28-33(80-51(36)25-7-11-29(61)31(63)15-25)16-26(60)17-34(28)81-55-50(75)47(72)44(69)38(20-59)84-55/h5-6,12-13,23-39,42-64,67-75H,2-4,7-11,14-22H2,1H3/p+1. The number of esters is 2. The van der Waals surface area contributed by atoms with E-state index in [0.717, 1.165) is 6.08 Å². The molecule has 30 nitrogen and oxygen atoms in total. The maximum Gasteiger partial charge on any atom is 0.330 e. The van der Waals surface area contributed by atoms with Gasteiger partial charge in [0.1, 0.15) is 98.2 Å². The smallest absolute Gasteiger partial charge is 0.330 e. The van der Waals surface area contributed by atoms with Crippen molar-refractivity contribution in [3.8, 4) is 0 Å². The van der Waals surface area contributed by atoms with Gasteiger partial charge in [0, 0.05) is 38.0 Å². The fraction of sp³-hybridized carbons (Fsp3) is 0.895. The van der Waals surface area contributed by atoms with Gasteiger partial charge in [-0.25, -0.2) is 9.59 Å². The molecule has 31 atom stereocenters. The van der Waals surface area contributed by atoms with Crippen molar-refractivity contribution in [1.29, 1.82) is 0 Å². The van der Waals surface area contributed by atoms with Crippen LogP contribution < -0.4 is 0 Å². The van der Waals surface area contributed by atoms with Crippen LogP contribution >= 0.6 is 0 Å². The van der Waals surface area contributed by atoms with Gasteiger partial charge in [-0.15, -0.1) is 0 Å². The van der Waals surface area contributed by atoms with Crippen molar-refractivity contribution in [2.45, 2.75) is 261 Å². The van der Waals surface area contributed by atoms with Gasteiger partial charge in [-0.1, -0.05) is 12.2 Å². The van der Waals surface area contributed by atoms with Crippen LogP contribution in [0.4, 0.5) is 0 Å². The van der Waals surface area contributed by atoms with Crippen LogP contribution in [0, 0.1) is 23.7 Å². The lowest BCUT2D eigenvalue weighted by Crippen LogP contribution is -2.66. The van der Waals surface area contributed by atoms with Gasteiger partial charge in [-0.05, 0) is 82.5 Å². The van der Waals surface area contributed by atoms with Gasteiger partial charge >= 0.3 is 11.9 Å². The van der Waals surface area contributed by atoms with Crippen LogP contribution in [0.3, 0.4) is 0 Å². The number of hydrogen-bond donors (Lipinski definition) is 16. The molecule has 0 aromatic carbocycles. The van der Waals surface area contributed by atoms with Crippen molar-refractivity contribution in [2.75, 3.05) is 33.5 Å². The fourth-order valence-electron chi connectivity index (χ4n) is 13.8. The van der Waals surface area contributed by atoms with E-state index in [4.69, 9.17) is 56.8 Å². The van der Waals surface area contributed by atoms with E-state index in [2.05, 4.69) is 0 Å². The summed E-state index contributed by atoms with van der Waals surface area (Å²) < 4.78 is 70.7. The second kappa shape index (κ2) is 30.9. The Morgan fingerprint density at radius 1 is 0.494 bits per heavy atom. The highest BCUT2D eigenvalue weighted by Crippen LogP contribution is 2.45. The number of rotatable bonds is 19. The molecule has 0 bridgehead atoms. The average molecular weight is 1260 g/mol. The molecule has 5 aliphatic heterocycles. The number of fused-ring (bicyclic) bond motifs is 1. The van der Waals surface area contributed by atoms with E-state index in [1.807, 2.05) is 0 Å². The first-order valence-corrected chi connectivity index (χ1v) is 30.5. The Labute approximate surface area is 501 Å². The van der Waals surface area contributed by atoms with E-state index in [0.29, 0.717) is 51.4 Å². The quantitative estimate of drug-likeness (QED) is 0.0325. The molecule has 0 amide bonds. The molecule has 17 N–H and O–H groups in total. The lowest BCUT2D eigenvalue weighted by molar-refractivity contribution is -0.385. The van der Waals surface area contributed by atoms with Crippen LogP contribution in [-0.4, -0.2) is 310 Å². The molecule has 9 fully saturated rings. The predicted molar refractivity (Wildman–Crippen MR) is 287 cm³/mol. The summed E-state index contributed by atoms with van der Waals surface area (Å²) in [5, 5.41) is 172. The number of methoxy groups -OCH3 is 1. The van der Waals surface area contributed by atoms with Gasteiger partial charge in [0.2, 0.25) is 0 Å². The summed E-state index contributed by atoms with van der Waals surface area (Å²) in [5.74, 6) is -3.35. The summed E-state index contributed by atoms with van der Waals surface area (Å²) >= 11 is 0. The molecule has 31 unspecified atom stereocenters. The zero-order chi connectivity index (χ0) is 62.5. The lowest BCUT2D eigenvalue weighted by atomic mass is 9.72. The molecule has 498 valence electrons. The fourth-order valence-corrected chi connectivity index (χ4v) is 13.8. The van der Waals surface area contributed by atoms with Gasteiger partial charge in [0.25, 0.3) is 0 Å². The van der Waals surface area contributed by atoms with Crippen LogP contribution in [0.15, 0.2) is 24.3 Å². The van der Waals surface area contributed by atoms with Crippen molar-refractivity contribution in [3.05, 3.63) is 24.3 Å². The third-order valence-electron chi connectivity index (χ3n) is 19.0. The molecule has 5 saturated heterocycles. The Morgan fingerprint density at radius 3 is 1.75 bits per heavy atom. The highest BCUT2D eigenvalue weighted by atomic mass is 16.8. The summed E-state index contributed by atoms with van der Waals surface area (Å²) in [6, 6.07) is 0. The van der Waals surface area contributed by atoms with Gasteiger partial charge in [-0.3, -0.25) is 0 Å². The maximum atomic E-state index is 13.5. The van der Waals surface area contributed by atoms with E-state index in [1.165, 1.54) is 13.2 Å². The SMILES string of the molecule is COC1CC(C=CC(=O)OC2C(OC3C(OC4CC5C(OC6OC(CO)C(O)C(O)C6O)CC(O)CC5[OH+]C4C4CCC(O)C(O)C4)OC(COC(=O)C=CC4CCC(OC5OC(CO)C(O)C(O)C5O)CC4)C(O)C3O)OCC(O)C2O)CCC1O. The zero-order valence-corrected chi connectivity index (χ0v) is 48.3. The second-order valence-corrected chi connectivity index (χ2v) is 24.9. The third kappa shape index (κ3) is 16.4. The van der Waals surface area contributed by atoms with Crippen LogP contribution in [-0.2, 0) is 61.7 Å². The molecule has 87 heavy (non-hydrogen) atoms. The molecular formula is C57H91O30+. The molecular weight excluding hydrogens is 1160 g/mol. The third-order valence-corrected chi connectivity index (χ3v) is 19.0. The minimum atomic E-state index is -2.01. The topological polar surface area (TPSA) is 472 Å². The second-order valence-electron chi connectivity index (χ2n) is 24.9. The number of aliphatic hydroxyl groups is 18. The van der Waals surface area contributed by atoms with Crippen LogP contribution in [0.25, 0.3) is 0 Å². The molecule has 0 aromatic heterocycles. The molecule has 0 aromatic rings. The zero-order valence-electron chi connectivity index (χ0n) is 48.3. The molecule has 4 aliphatic carbocycles. The molecule has 0 radical (unpaired) electrons. The molecule has 4 saturated carbocycles. The minimum Gasteiger partial charge on any atom is -0.460 e.